The van der Waals surface area contributed by atoms with Crippen molar-refractivity contribution >= 4 is 39.6 Å². The highest BCUT2D eigenvalue weighted by Gasteiger charge is 2.55. The number of carbonyl (C=O) groups is 1. The predicted octanol–water partition coefficient (Wildman–Crippen LogP) is 6.49. The summed E-state index contributed by atoms with van der Waals surface area (Å²) in [4.78, 5) is 21.8. The van der Waals surface area contributed by atoms with Crippen LogP contribution in [0.5, 0.6) is 5.75 Å². The third kappa shape index (κ3) is 3.02. The van der Waals surface area contributed by atoms with Crippen LogP contribution in [0.4, 0.5) is 22.7 Å². The van der Waals surface area contributed by atoms with Gasteiger partial charge in [-0.3, -0.25) is 4.84 Å². The van der Waals surface area contributed by atoms with Crippen LogP contribution in [0, 0.1) is 6.92 Å². The van der Waals surface area contributed by atoms with Gasteiger partial charge >= 0.3 is 5.97 Å². The molecule has 1 atom stereocenters. The lowest BCUT2D eigenvalue weighted by Gasteiger charge is -2.30. The minimum absolute atomic E-state index is 0.169. The van der Waals surface area contributed by atoms with Crippen LogP contribution in [0.2, 0.25) is 0 Å². The van der Waals surface area contributed by atoms with E-state index in [4.69, 9.17) is 9.57 Å². The van der Waals surface area contributed by atoms with Crippen molar-refractivity contribution < 1.29 is 14.4 Å². The molecule has 0 aliphatic carbocycles. The van der Waals surface area contributed by atoms with E-state index in [0.717, 1.165) is 45.9 Å². The number of quaternary nitrogens is 1. The zero-order valence-corrected chi connectivity index (χ0v) is 20.3. The number of rotatable bonds is 6. The Balaban J connectivity index is 1.94. The summed E-state index contributed by atoms with van der Waals surface area (Å²) in [5, 5.41) is 1.05. The lowest BCUT2D eigenvalue weighted by atomic mass is 10.1. The summed E-state index contributed by atoms with van der Waals surface area (Å²) in [5.74, 6) is 0.341. The average molecular weight is 457 g/mol. The number of hydrogen-bond donors (Lipinski definition) is 0. The number of para-hydroxylation sites is 2. The first-order valence-corrected chi connectivity index (χ1v) is 11.7. The second kappa shape index (κ2) is 8.22. The lowest BCUT2D eigenvalue weighted by Crippen LogP contribution is -2.37. The molecule has 5 rings (SSSR count). The molecule has 0 spiro atoms. The highest BCUT2D eigenvalue weighted by atomic mass is 16.8. The van der Waals surface area contributed by atoms with Gasteiger partial charge in [0, 0.05) is 44.5 Å². The van der Waals surface area contributed by atoms with E-state index in [1.807, 2.05) is 80.5 Å². The topological polar surface area (TPSA) is 43.7 Å². The molecule has 0 radical (unpaired) electrons. The summed E-state index contributed by atoms with van der Waals surface area (Å²) in [6.07, 6.45) is 0. The number of hydrogen-bond acceptors (Lipinski definition) is 4. The maximum atomic E-state index is 13.3. The highest BCUT2D eigenvalue weighted by Crippen LogP contribution is 2.57. The van der Waals surface area contributed by atoms with Crippen molar-refractivity contribution in [1.82, 2.24) is 9.21 Å². The predicted molar refractivity (Wildman–Crippen MR) is 137 cm³/mol. The number of ether oxygens (including phenoxy) is 1. The van der Waals surface area contributed by atoms with Gasteiger partial charge in [0.2, 0.25) is 17.1 Å². The molecule has 1 aliphatic heterocycles. The third-order valence-electron chi connectivity index (χ3n) is 6.61. The lowest BCUT2D eigenvalue weighted by molar-refractivity contribution is -0.0148. The van der Waals surface area contributed by atoms with Gasteiger partial charge < -0.3 is 14.2 Å². The molecule has 2 heterocycles. The van der Waals surface area contributed by atoms with Crippen LogP contribution in [0.1, 0.15) is 29.9 Å². The molecule has 34 heavy (non-hydrogen) atoms. The Morgan fingerprint density at radius 1 is 0.971 bits per heavy atom. The summed E-state index contributed by atoms with van der Waals surface area (Å²) in [7, 11) is 4.00. The van der Waals surface area contributed by atoms with Crippen molar-refractivity contribution in [3.05, 3.63) is 78.0 Å². The van der Waals surface area contributed by atoms with Crippen LogP contribution in [0.3, 0.4) is 0 Å². The van der Waals surface area contributed by atoms with E-state index in [9.17, 15) is 4.79 Å². The van der Waals surface area contributed by atoms with Gasteiger partial charge in [-0.2, -0.15) is 0 Å². The van der Waals surface area contributed by atoms with Gasteiger partial charge in [0.05, 0.1) is 23.2 Å². The summed E-state index contributed by atoms with van der Waals surface area (Å²) in [6.45, 7) is 7.50. The van der Waals surface area contributed by atoms with E-state index in [1.165, 1.54) is 0 Å². The molecule has 0 saturated carbocycles. The van der Waals surface area contributed by atoms with E-state index in [2.05, 4.69) is 30.5 Å². The van der Waals surface area contributed by atoms with Gasteiger partial charge in [0.15, 0.2) is 5.75 Å². The number of carbonyl (C=O) groups excluding carboxylic acids is 1. The van der Waals surface area contributed by atoms with Crippen LogP contribution < -0.4 is 14.3 Å². The highest BCUT2D eigenvalue weighted by molar-refractivity contribution is 6.06. The van der Waals surface area contributed by atoms with Crippen molar-refractivity contribution in [3.63, 3.8) is 0 Å². The fourth-order valence-corrected chi connectivity index (χ4v) is 5.14. The first kappa shape index (κ1) is 22.0. The Kier molecular flexibility index (Phi) is 5.33. The van der Waals surface area contributed by atoms with Crippen LogP contribution in [-0.4, -0.2) is 31.2 Å². The fourth-order valence-electron chi connectivity index (χ4n) is 5.14. The standard InChI is InChI=1S/C28H30N3O3/c1-6-30-19(3)27(21-12-8-10-14-23(21)30)31(24-15-11-9-13-22(24)28(32)34-31)25-17-16-20(29(4)5)18-26(25)33-7-2/h8-18H,6-7H2,1-5H3/q+1. The summed E-state index contributed by atoms with van der Waals surface area (Å²) in [6, 6.07) is 22.0. The smallest absolute Gasteiger partial charge is 0.405 e. The Labute approximate surface area is 200 Å². The maximum absolute atomic E-state index is 13.3. The minimum Gasteiger partial charge on any atom is -0.488 e. The molecule has 0 N–H and O–H groups in total. The van der Waals surface area contributed by atoms with Crippen LogP contribution in [0.25, 0.3) is 10.9 Å². The first-order valence-electron chi connectivity index (χ1n) is 11.7. The summed E-state index contributed by atoms with van der Waals surface area (Å²) < 4.78 is 8.28. The van der Waals surface area contributed by atoms with Crippen LogP contribution >= 0.6 is 0 Å². The molecule has 1 aliphatic rings. The third-order valence-corrected chi connectivity index (χ3v) is 6.61. The largest absolute Gasteiger partial charge is 0.488 e. The molecular weight excluding hydrogens is 426 g/mol. The number of aromatic nitrogens is 1. The van der Waals surface area contributed by atoms with Gasteiger partial charge in [-0.25, -0.2) is 4.79 Å². The molecule has 4 aromatic rings. The molecule has 1 aromatic heterocycles. The zero-order chi connectivity index (χ0) is 24.0. The zero-order valence-electron chi connectivity index (χ0n) is 20.3. The van der Waals surface area contributed by atoms with Crippen molar-refractivity contribution in [2.45, 2.75) is 27.3 Å². The van der Waals surface area contributed by atoms with E-state index in [-0.39, 0.29) is 10.6 Å². The molecule has 1 unspecified atom stereocenters. The number of nitrogens with zero attached hydrogens (tertiary/aromatic N) is 3. The van der Waals surface area contributed by atoms with E-state index in [0.29, 0.717) is 17.9 Å². The van der Waals surface area contributed by atoms with Crippen molar-refractivity contribution in [2.24, 2.45) is 0 Å². The molecular formula is C28H30N3O3+. The number of fused-ring (bicyclic) bond motifs is 2. The van der Waals surface area contributed by atoms with Crippen LogP contribution in [0.15, 0.2) is 66.7 Å². The second-order valence-electron chi connectivity index (χ2n) is 8.68. The number of benzene rings is 3. The Hall–Kier alpha value is -3.77. The number of anilines is 1. The van der Waals surface area contributed by atoms with Crippen molar-refractivity contribution in [1.29, 1.82) is 0 Å². The Bertz CT molecular complexity index is 1410. The second-order valence-corrected chi connectivity index (χ2v) is 8.68. The van der Waals surface area contributed by atoms with Gasteiger partial charge in [0.25, 0.3) is 0 Å². The van der Waals surface area contributed by atoms with Crippen LogP contribution in [-0.2, 0) is 11.4 Å². The van der Waals surface area contributed by atoms with Gasteiger partial charge in [0.1, 0.15) is 5.56 Å². The molecule has 0 saturated heterocycles. The molecule has 6 nitrogen and oxygen atoms in total. The first-order chi connectivity index (χ1) is 16.4. The molecule has 0 fully saturated rings. The number of aryl methyl sites for hydroxylation is 1. The molecule has 174 valence electrons. The summed E-state index contributed by atoms with van der Waals surface area (Å²) in [5.41, 5.74) is 6.21. The maximum Gasteiger partial charge on any atom is 0.405 e. The Morgan fingerprint density at radius 2 is 1.71 bits per heavy atom. The van der Waals surface area contributed by atoms with Crippen molar-refractivity contribution in [2.75, 3.05) is 25.6 Å². The van der Waals surface area contributed by atoms with E-state index in [1.54, 1.807) is 0 Å². The summed E-state index contributed by atoms with van der Waals surface area (Å²) >= 11 is 0. The van der Waals surface area contributed by atoms with Crippen molar-refractivity contribution in [3.8, 4) is 5.75 Å². The normalized spacial score (nSPS) is 17.0. The monoisotopic (exact) mass is 456 g/mol. The van der Waals surface area contributed by atoms with Gasteiger partial charge in [-0.15, -0.1) is 0 Å². The molecule has 0 amide bonds. The molecule has 6 heteroatoms. The van der Waals surface area contributed by atoms with E-state index < -0.39 is 0 Å². The van der Waals surface area contributed by atoms with Gasteiger partial charge in [-0.05, 0) is 49.7 Å². The van der Waals surface area contributed by atoms with E-state index >= 15 is 0 Å². The average Bonchev–Trinajstić information content (AvgIpc) is 3.30. The SMILES string of the molecule is CCOc1cc(N(C)C)ccc1[N+]1(c2c(C)n(CC)c3ccccc23)OC(=O)c2ccccc21. The minimum atomic E-state index is -0.345. The fraction of sp³-hybridized carbons (Fsp3) is 0.250. The quantitative estimate of drug-likeness (QED) is 0.311. The van der Waals surface area contributed by atoms with Gasteiger partial charge in [-0.1, -0.05) is 24.3 Å². The Morgan fingerprint density at radius 3 is 2.44 bits per heavy atom. The molecule has 3 aromatic carbocycles. The molecule has 0 bridgehead atoms.